The molecule has 3 nitrogen and oxygen atoms in total. The van der Waals surface area contributed by atoms with Crippen LogP contribution in [0.15, 0.2) is 120 Å². The van der Waals surface area contributed by atoms with Crippen molar-refractivity contribution in [2.75, 3.05) is 0 Å². The van der Waals surface area contributed by atoms with Gasteiger partial charge >= 0.3 is 0 Å². The van der Waals surface area contributed by atoms with Crippen LogP contribution in [0.3, 0.4) is 0 Å². The number of rotatable bonds is 3. The Labute approximate surface area is 222 Å². The zero-order chi connectivity index (χ0) is 25.9. The van der Waals surface area contributed by atoms with E-state index in [1.807, 2.05) is 18.2 Å². The highest BCUT2D eigenvalue weighted by atomic mass is 16.3. The summed E-state index contributed by atoms with van der Waals surface area (Å²) < 4.78 is 8.70. The average Bonchev–Trinajstić information content (AvgIpc) is 3.52. The summed E-state index contributed by atoms with van der Waals surface area (Å²) in [7, 11) is 0. The Morgan fingerprint density at radius 2 is 1.37 bits per heavy atom. The molecule has 0 unspecified atom stereocenters. The molecule has 0 saturated carbocycles. The van der Waals surface area contributed by atoms with E-state index in [1.54, 1.807) is 0 Å². The fourth-order valence-corrected chi connectivity index (χ4v) is 5.38. The van der Waals surface area contributed by atoms with Crippen LogP contribution >= 0.6 is 0 Å². The highest BCUT2D eigenvalue weighted by Gasteiger charge is 2.21. The summed E-state index contributed by atoms with van der Waals surface area (Å²) in [5, 5.41) is 2.28. The minimum Gasteiger partial charge on any atom is -0.455 e. The van der Waals surface area contributed by atoms with Crippen molar-refractivity contribution in [2.45, 2.75) is 26.2 Å². The van der Waals surface area contributed by atoms with Gasteiger partial charge in [-0.25, -0.2) is 4.98 Å². The molecule has 0 N–H and O–H groups in total. The van der Waals surface area contributed by atoms with Crippen LogP contribution in [-0.2, 0) is 5.41 Å². The van der Waals surface area contributed by atoms with E-state index in [-0.39, 0.29) is 5.41 Å². The normalized spacial score (nSPS) is 12.1. The molecule has 3 heteroatoms. The molecule has 0 bridgehead atoms. The van der Waals surface area contributed by atoms with Crippen molar-refractivity contribution in [1.29, 1.82) is 0 Å². The van der Waals surface area contributed by atoms with Crippen LogP contribution in [0.1, 0.15) is 26.3 Å². The van der Waals surface area contributed by atoms with Crippen LogP contribution in [0.4, 0.5) is 0 Å². The predicted molar refractivity (Wildman–Crippen MR) is 158 cm³/mol. The average molecular weight is 493 g/mol. The Balaban J connectivity index is 1.53. The van der Waals surface area contributed by atoms with Crippen molar-refractivity contribution in [3.05, 3.63) is 121 Å². The molecule has 0 saturated heterocycles. The number of aromatic nitrogens is 2. The first-order valence-corrected chi connectivity index (χ1v) is 13.1. The monoisotopic (exact) mass is 492 g/mol. The van der Waals surface area contributed by atoms with Crippen molar-refractivity contribution in [2.24, 2.45) is 0 Å². The molecule has 38 heavy (non-hydrogen) atoms. The van der Waals surface area contributed by atoms with Crippen molar-refractivity contribution in [3.8, 4) is 28.2 Å². The number of para-hydroxylation sites is 5. The third kappa shape index (κ3) is 3.62. The second kappa shape index (κ2) is 8.46. The maximum atomic E-state index is 6.43. The first-order valence-electron chi connectivity index (χ1n) is 13.1. The molecular weight excluding hydrogens is 464 g/mol. The van der Waals surface area contributed by atoms with Crippen molar-refractivity contribution >= 4 is 33.0 Å². The summed E-state index contributed by atoms with van der Waals surface area (Å²) in [4.78, 5) is 5.15. The molecule has 2 heterocycles. The SMILES string of the molecule is CC(C)(C)c1cc(-c2cccc3c2oc2ccccc23)cc(-c2nc3ccccc3n2-c2ccccc2)c1. The van der Waals surface area contributed by atoms with E-state index in [0.717, 1.165) is 61.2 Å². The largest absolute Gasteiger partial charge is 0.455 e. The number of benzene rings is 5. The third-order valence-corrected chi connectivity index (χ3v) is 7.35. The lowest BCUT2D eigenvalue weighted by Gasteiger charge is -2.22. The van der Waals surface area contributed by atoms with Gasteiger partial charge in [0.25, 0.3) is 0 Å². The summed E-state index contributed by atoms with van der Waals surface area (Å²) in [6.45, 7) is 6.79. The molecular formula is C35H28N2O. The van der Waals surface area contributed by atoms with Crippen molar-refractivity contribution in [3.63, 3.8) is 0 Å². The van der Waals surface area contributed by atoms with E-state index in [0.29, 0.717) is 0 Å². The minimum absolute atomic E-state index is 0.0455. The second-order valence-corrected chi connectivity index (χ2v) is 10.9. The van der Waals surface area contributed by atoms with E-state index in [2.05, 4.69) is 122 Å². The van der Waals surface area contributed by atoms with Gasteiger partial charge < -0.3 is 4.42 Å². The zero-order valence-electron chi connectivity index (χ0n) is 21.8. The highest BCUT2D eigenvalue weighted by molar-refractivity contribution is 6.09. The van der Waals surface area contributed by atoms with Crippen molar-refractivity contribution < 1.29 is 4.42 Å². The Morgan fingerprint density at radius 1 is 0.658 bits per heavy atom. The van der Waals surface area contributed by atoms with Gasteiger partial charge in [-0.3, -0.25) is 4.57 Å². The summed E-state index contributed by atoms with van der Waals surface area (Å²) in [5.41, 5.74) is 9.51. The van der Waals surface area contributed by atoms with Crippen LogP contribution in [0.5, 0.6) is 0 Å². The van der Waals surface area contributed by atoms with Crippen LogP contribution < -0.4 is 0 Å². The fourth-order valence-electron chi connectivity index (χ4n) is 5.38. The van der Waals surface area contributed by atoms with Crippen LogP contribution in [-0.4, -0.2) is 9.55 Å². The maximum absolute atomic E-state index is 6.43. The van der Waals surface area contributed by atoms with Gasteiger partial charge in [-0.15, -0.1) is 0 Å². The third-order valence-electron chi connectivity index (χ3n) is 7.35. The van der Waals surface area contributed by atoms with Crippen LogP contribution in [0.2, 0.25) is 0 Å². The zero-order valence-corrected chi connectivity index (χ0v) is 21.8. The molecule has 0 radical (unpaired) electrons. The lowest BCUT2D eigenvalue weighted by molar-refractivity contribution is 0.590. The van der Waals surface area contributed by atoms with Gasteiger partial charge in [-0.05, 0) is 59.0 Å². The van der Waals surface area contributed by atoms with Gasteiger partial charge in [0.1, 0.15) is 17.0 Å². The van der Waals surface area contributed by atoms with Gasteiger partial charge in [0.05, 0.1) is 11.0 Å². The number of furan rings is 1. The Morgan fingerprint density at radius 3 is 2.21 bits per heavy atom. The Kier molecular flexibility index (Phi) is 5.02. The Hall–Kier alpha value is -4.63. The van der Waals surface area contributed by atoms with E-state index in [9.17, 15) is 0 Å². The first kappa shape index (κ1) is 22.6. The molecule has 5 aromatic carbocycles. The standard InChI is InChI=1S/C35H28N2O/c1-35(2,3)25-21-23(27-15-11-16-29-28-14-7-10-19-32(28)38-33(27)29)20-24(22-25)34-36-30-17-8-9-18-31(30)37(34)26-12-5-4-6-13-26/h4-22H,1-3H3. The van der Waals surface area contributed by atoms with Gasteiger partial charge in [-0.2, -0.15) is 0 Å². The molecule has 0 spiro atoms. The van der Waals surface area contributed by atoms with E-state index in [1.165, 1.54) is 5.56 Å². The van der Waals surface area contributed by atoms with Crippen LogP contribution in [0.25, 0.3) is 61.2 Å². The summed E-state index contributed by atoms with van der Waals surface area (Å²) in [6, 6.07) is 40.4. The summed E-state index contributed by atoms with van der Waals surface area (Å²) >= 11 is 0. The lowest BCUT2D eigenvalue weighted by atomic mass is 9.84. The van der Waals surface area contributed by atoms with Crippen LogP contribution in [0, 0.1) is 0 Å². The maximum Gasteiger partial charge on any atom is 0.145 e. The van der Waals surface area contributed by atoms with Gasteiger partial charge in [-0.1, -0.05) is 93.6 Å². The van der Waals surface area contributed by atoms with Gasteiger partial charge in [0.2, 0.25) is 0 Å². The van der Waals surface area contributed by atoms with Gasteiger partial charge in [0, 0.05) is 27.6 Å². The summed E-state index contributed by atoms with van der Waals surface area (Å²) in [6.07, 6.45) is 0. The number of hydrogen-bond donors (Lipinski definition) is 0. The van der Waals surface area contributed by atoms with E-state index >= 15 is 0 Å². The molecule has 0 aliphatic rings. The number of hydrogen-bond acceptors (Lipinski definition) is 2. The molecule has 0 amide bonds. The summed E-state index contributed by atoms with van der Waals surface area (Å²) in [5.74, 6) is 0.932. The fraction of sp³-hybridized carbons (Fsp3) is 0.114. The highest BCUT2D eigenvalue weighted by Crippen LogP contribution is 2.40. The topological polar surface area (TPSA) is 31.0 Å². The van der Waals surface area contributed by atoms with E-state index in [4.69, 9.17) is 9.40 Å². The molecule has 0 atom stereocenters. The lowest BCUT2D eigenvalue weighted by Crippen LogP contribution is -2.11. The molecule has 0 aliphatic carbocycles. The Bertz CT molecular complexity index is 1950. The molecule has 0 aliphatic heterocycles. The molecule has 7 rings (SSSR count). The second-order valence-electron chi connectivity index (χ2n) is 10.9. The minimum atomic E-state index is -0.0455. The molecule has 2 aromatic heterocycles. The number of imidazole rings is 1. The van der Waals surface area contributed by atoms with E-state index < -0.39 is 0 Å². The number of fused-ring (bicyclic) bond motifs is 4. The molecule has 0 fully saturated rings. The van der Waals surface area contributed by atoms with Crippen molar-refractivity contribution in [1.82, 2.24) is 9.55 Å². The van der Waals surface area contributed by atoms with Gasteiger partial charge in [0.15, 0.2) is 0 Å². The quantitative estimate of drug-likeness (QED) is 0.246. The predicted octanol–water partition coefficient (Wildman–Crippen LogP) is 9.56. The molecule has 184 valence electrons. The number of nitrogens with zero attached hydrogens (tertiary/aromatic N) is 2. The first-order chi connectivity index (χ1) is 18.5. The smallest absolute Gasteiger partial charge is 0.145 e. The molecule has 7 aromatic rings.